The predicted octanol–water partition coefficient (Wildman–Crippen LogP) is 25.5. The molecule has 116 heavy (non-hydrogen) atoms. The molecule has 0 spiro atoms. The van der Waals surface area contributed by atoms with Gasteiger partial charge >= 0.3 is 0 Å². The molecule has 542 valence electrons. The molecule has 0 aromatic heterocycles. The Morgan fingerprint density at radius 2 is 0.578 bits per heavy atom. The van der Waals surface area contributed by atoms with Crippen molar-refractivity contribution < 1.29 is 4.74 Å². The summed E-state index contributed by atoms with van der Waals surface area (Å²) in [7, 11) is 0. The van der Waals surface area contributed by atoms with Gasteiger partial charge in [0.15, 0.2) is 0 Å². The van der Waals surface area contributed by atoms with E-state index in [0.29, 0.717) is 0 Å². The second-order valence-corrected chi connectivity index (χ2v) is 31.2. The average Bonchev–Trinajstić information content (AvgIpc) is 0.689. The zero-order valence-corrected chi connectivity index (χ0v) is 64.1. The standard InChI is InChI=1S/C108H72B2N4OS/c1-10-37-73(38-11-1)84-55-28-31-64-95(84)113-97-72-102-94(71-93(97)110-92-63-30-33-66-100(92)115-101-69-82(67-98(113)104(101)110)111(80-51-24-8-25-52-80)106-85(74-39-12-2-13-40-74)56-34-57-86(106)75-41-14-3-15-42-75)109-91-62-29-32-65-96(91)114(108-89(78-47-20-6-21-48-78)60-36-61-90(108)79-49-22-7-23-50-79)99-68-83(70-103(116-102)105(99)109)112(81-53-26-9-27-54-81)107-87(76-43-16-4-17-44-76)58-35-59-88(107)77-45-18-5-19-46-77/h1-72H. The summed E-state index contributed by atoms with van der Waals surface area (Å²) < 4.78 is 7.63. The van der Waals surface area contributed by atoms with Gasteiger partial charge in [0, 0.05) is 94.6 Å². The zero-order chi connectivity index (χ0) is 76.6. The fraction of sp³-hybridized carbons (Fsp3) is 0. The molecule has 0 bridgehead atoms. The molecule has 4 aliphatic heterocycles. The molecule has 4 aliphatic rings. The number of ether oxygens (including phenoxy) is 1. The van der Waals surface area contributed by atoms with Gasteiger partial charge in [-0.05, 0) is 133 Å². The highest BCUT2D eigenvalue weighted by Gasteiger charge is 2.48. The molecule has 18 aromatic rings. The Hall–Kier alpha value is -14.6. The summed E-state index contributed by atoms with van der Waals surface area (Å²) in [6.07, 6.45) is 0. The highest BCUT2D eigenvalue weighted by Crippen LogP contribution is 2.56. The van der Waals surface area contributed by atoms with Crippen molar-refractivity contribution in [2.75, 3.05) is 19.6 Å². The van der Waals surface area contributed by atoms with Gasteiger partial charge in [-0.25, -0.2) is 0 Å². The number of rotatable bonds is 15. The molecule has 4 heterocycles. The molecule has 22 rings (SSSR count). The molecule has 18 aromatic carbocycles. The summed E-state index contributed by atoms with van der Waals surface area (Å²) in [6, 6.07) is 161. The first kappa shape index (κ1) is 68.3. The normalized spacial score (nSPS) is 12.4. The third-order valence-electron chi connectivity index (χ3n) is 23.5. The Bertz CT molecular complexity index is 6610. The minimum atomic E-state index is -0.265. The van der Waals surface area contributed by atoms with Crippen LogP contribution >= 0.6 is 11.8 Å². The first-order chi connectivity index (χ1) is 57.6. The molecule has 0 aliphatic carbocycles. The van der Waals surface area contributed by atoms with Crippen LogP contribution in [0.1, 0.15) is 0 Å². The first-order valence-corrected chi connectivity index (χ1v) is 40.7. The van der Waals surface area contributed by atoms with Crippen LogP contribution in [0.2, 0.25) is 0 Å². The first-order valence-electron chi connectivity index (χ1n) is 39.9. The fourth-order valence-corrected chi connectivity index (χ4v) is 19.8. The maximum Gasteiger partial charge on any atom is 0.256 e. The largest absolute Gasteiger partial charge is 0.458 e. The quantitative estimate of drug-likeness (QED) is 0.0948. The molecule has 0 fully saturated rings. The summed E-state index contributed by atoms with van der Waals surface area (Å²) in [6.45, 7) is -0.501. The van der Waals surface area contributed by atoms with Gasteiger partial charge in [0.25, 0.3) is 6.71 Å². The lowest BCUT2D eigenvalue weighted by Crippen LogP contribution is -2.63. The van der Waals surface area contributed by atoms with Gasteiger partial charge < -0.3 is 24.3 Å². The van der Waals surface area contributed by atoms with Crippen molar-refractivity contribution in [3.05, 3.63) is 437 Å². The minimum Gasteiger partial charge on any atom is -0.458 e. The van der Waals surface area contributed by atoms with E-state index in [-0.39, 0.29) is 13.4 Å². The second-order valence-electron chi connectivity index (χ2n) is 30.1. The van der Waals surface area contributed by atoms with Crippen LogP contribution in [0.15, 0.2) is 447 Å². The Kier molecular flexibility index (Phi) is 17.0. The molecule has 0 atom stereocenters. The number of anilines is 12. The van der Waals surface area contributed by atoms with E-state index >= 15 is 0 Å². The van der Waals surface area contributed by atoms with E-state index in [2.05, 4.69) is 456 Å². The molecule has 0 N–H and O–H groups in total. The van der Waals surface area contributed by atoms with Crippen molar-refractivity contribution in [2.45, 2.75) is 9.79 Å². The number of benzene rings is 18. The van der Waals surface area contributed by atoms with E-state index in [4.69, 9.17) is 4.74 Å². The van der Waals surface area contributed by atoms with Gasteiger partial charge in [0.1, 0.15) is 11.5 Å². The summed E-state index contributed by atoms with van der Waals surface area (Å²) in [4.78, 5) is 12.6. The Morgan fingerprint density at radius 1 is 0.216 bits per heavy atom. The van der Waals surface area contributed by atoms with Crippen LogP contribution in [0.3, 0.4) is 0 Å². The molecule has 0 saturated heterocycles. The number of para-hydroxylation sites is 8. The molecule has 0 saturated carbocycles. The average molecular weight is 1500 g/mol. The number of nitrogens with zero attached hydrogens (tertiary/aromatic N) is 4. The number of hydrogen-bond acceptors (Lipinski definition) is 6. The minimum absolute atomic E-state index is 0.236. The van der Waals surface area contributed by atoms with Crippen molar-refractivity contribution in [3.8, 4) is 89.4 Å². The van der Waals surface area contributed by atoms with E-state index in [9.17, 15) is 0 Å². The highest BCUT2D eigenvalue weighted by atomic mass is 32.2. The van der Waals surface area contributed by atoms with E-state index in [1.807, 2.05) is 11.8 Å². The van der Waals surface area contributed by atoms with Crippen LogP contribution < -0.4 is 57.1 Å². The summed E-state index contributed by atoms with van der Waals surface area (Å²) in [5.41, 5.74) is 35.6. The van der Waals surface area contributed by atoms with Crippen LogP contribution in [-0.2, 0) is 0 Å². The van der Waals surface area contributed by atoms with Gasteiger partial charge in [-0.3, -0.25) is 0 Å². The van der Waals surface area contributed by atoms with E-state index < -0.39 is 0 Å². The summed E-state index contributed by atoms with van der Waals surface area (Å²) >= 11 is 1.90. The van der Waals surface area contributed by atoms with Gasteiger partial charge in [-0.2, -0.15) is 0 Å². The van der Waals surface area contributed by atoms with Crippen LogP contribution in [0.25, 0.3) is 77.9 Å². The second kappa shape index (κ2) is 28.9. The maximum absolute atomic E-state index is 7.63. The molecule has 0 radical (unpaired) electrons. The van der Waals surface area contributed by atoms with Gasteiger partial charge in [0.2, 0.25) is 6.71 Å². The third kappa shape index (κ3) is 11.6. The van der Waals surface area contributed by atoms with E-state index in [0.717, 1.165) is 169 Å². The molecule has 8 heteroatoms. The molecular weight excluding hydrogens is 1420 g/mol. The maximum atomic E-state index is 7.63. The van der Waals surface area contributed by atoms with Crippen molar-refractivity contribution in [1.29, 1.82) is 0 Å². The van der Waals surface area contributed by atoms with E-state index in [1.165, 1.54) is 31.6 Å². The lowest BCUT2D eigenvalue weighted by Gasteiger charge is -2.44. The lowest BCUT2D eigenvalue weighted by atomic mass is 9.31. The highest BCUT2D eigenvalue weighted by molar-refractivity contribution is 8.00. The molecular formula is C108H72B2N4OS. The van der Waals surface area contributed by atoms with Gasteiger partial charge in [0.05, 0.1) is 28.4 Å². The SMILES string of the molecule is c1ccc(-c2ccccc2N2c3cc4c(cc3B3c5ccccc5Oc5cc(N(c6ccccc6)c6c(-c7ccccc7)cccc6-c6ccccc6)cc2c53)B2c3ccccc3N(c3c(-c5ccccc5)cccc3-c3ccccc3)c3cc(N(c5ccccc5)c5c(-c6ccccc6)cccc5-c5ccccc5)cc(c32)S4)cc1. The smallest absolute Gasteiger partial charge is 0.256 e. The van der Waals surface area contributed by atoms with E-state index in [1.54, 1.807) is 0 Å². The molecule has 0 amide bonds. The Balaban J connectivity index is 0.841. The Morgan fingerprint density at radius 3 is 1.06 bits per heavy atom. The van der Waals surface area contributed by atoms with Crippen LogP contribution in [0.5, 0.6) is 11.5 Å². The van der Waals surface area contributed by atoms with Crippen LogP contribution in [0, 0.1) is 0 Å². The zero-order valence-electron chi connectivity index (χ0n) is 63.3. The van der Waals surface area contributed by atoms with Crippen molar-refractivity contribution >= 4 is 126 Å². The van der Waals surface area contributed by atoms with Crippen molar-refractivity contribution in [1.82, 2.24) is 0 Å². The van der Waals surface area contributed by atoms with Crippen molar-refractivity contribution in [2.24, 2.45) is 0 Å². The monoisotopic (exact) mass is 1490 g/mol. The molecule has 5 nitrogen and oxygen atoms in total. The van der Waals surface area contributed by atoms with Gasteiger partial charge in [-0.1, -0.05) is 381 Å². The van der Waals surface area contributed by atoms with Crippen LogP contribution in [-0.4, -0.2) is 13.4 Å². The van der Waals surface area contributed by atoms with Gasteiger partial charge in [-0.15, -0.1) is 0 Å². The number of hydrogen-bond donors (Lipinski definition) is 0. The Labute approximate surface area is 681 Å². The topological polar surface area (TPSA) is 22.2 Å². The summed E-state index contributed by atoms with van der Waals surface area (Å²) in [5, 5.41) is 0. The number of fused-ring (bicyclic) bond motifs is 8. The van der Waals surface area contributed by atoms with Crippen molar-refractivity contribution in [3.63, 3.8) is 0 Å². The summed E-state index contributed by atoms with van der Waals surface area (Å²) in [5.74, 6) is 1.64. The predicted molar refractivity (Wildman–Crippen MR) is 490 cm³/mol. The molecule has 0 unspecified atom stereocenters. The fourth-order valence-electron chi connectivity index (χ4n) is 18.6. The third-order valence-corrected chi connectivity index (χ3v) is 24.6. The van der Waals surface area contributed by atoms with Crippen LogP contribution in [0.4, 0.5) is 68.2 Å². The lowest BCUT2D eigenvalue weighted by molar-refractivity contribution is 0.487.